The topological polar surface area (TPSA) is 61.6 Å². The van der Waals surface area contributed by atoms with Crippen molar-refractivity contribution in [1.29, 1.82) is 0 Å². The van der Waals surface area contributed by atoms with Crippen LogP contribution in [0.5, 0.6) is 0 Å². The standard InChI is InChI=1S/C10H19NO3/c1-3-8-6-10(11,4-5-14-8)7-9(12)13-2/h8H,3-7,11H2,1-2H3. The van der Waals surface area contributed by atoms with Crippen LogP contribution in [0.4, 0.5) is 0 Å². The van der Waals surface area contributed by atoms with Gasteiger partial charge in [0.05, 0.1) is 19.6 Å². The molecule has 82 valence electrons. The van der Waals surface area contributed by atoms with Crippen LogP contribution in [0.3, 0.4) is 0 Å². The van der Waals surface area contributed by atoms with Crippen molar-refractivity contribution in [3.8, 4) is 0 Å². The number of carbonyl (C=O) groups excluding carboxylic acids is 1. The highest BCUT2D eigenvalue weighted by Crippen LogP contribution is 2.27. The summed E-state index contributed by atoms with van der Waals surface area (Å²) in [7, 11) is 1.39. The lowest BCUT2D eigenvalue weighted by Gasteiger charge is -2.36. The van der Waals surface area contributed by atoms with E-state index in [0.29, 0.717) is 13.0 Å². The smallest absolute Gasteiger partial charge is 0.307 e. The molecule has 1 fully saturated rings. The molecule has 2 atom stereocenters. The Labute approximate surface area is 84.7 Å². The molecule has 0 aromatic carbocycles. The van der Waals surface area contributed by atoms with Crippen molar-refractivity contribution in [2.24, 2.45) is 5.73 Å². The number of hydrogen-bond donors (Lipinski definition) is 1. The van der Waals surface area contributed by atoms with Crippen LogP contribution in [0.25, 0.3) is 0 Å². The molecule has 0 amide bonds. The molecule has 2 N–H and O–H groups in total. The summed E-state index contributed by atoms with van der Waals surface area (Å²) in [6, 6.07) is 0. The number of hydrogen-bond acceptors (Lipinski definition) is 4. The van der Waals surface area contributed by atoms with Crippen molar-refractivity contribution >= 4 is 5.97 Å². The van der Waals surface area contributed by atoms with Gasteiger partial charge in [0.1, 0.15) is 0 Å². The Morgan fingerprint density at radius 1 is 1.71 bits per heavy atom. The average Bonchev–Trinajstić information content (AvgIpc) is 2.17. The lowest BCUT2D eigenvalue weighted by atomic mass is 9.84. The normalized spacial score (nSPS) is 32.6. The van der Waals surface area contributed by atoms with Crippen LogP contribution in [-0.4, -0.2) is 31.3 Å². The molecule has 0 bridgehead atoms. The van der Waals surface area contributed by atoms with E-state index in [2.05, 4.69) is 11.7 Å². The Kier molecular flexibility index (Phi) is 3.89. The molecular formula is C10H19NO3. The van der Waals surface area contributed by atoms with Crippen molar-refractivity contribution in [3.05, 3.63) is 0 Å². The van der Waals surface area contributed by atoms with Gasteiger partial charge in [0.15, 0.2) is 0 Å². The predicted octanol–water partition coefficient (Wildman–Crippen LogP) is 0.836. The maximum absolute atomic E-state index is 11.1. The van der Waals surface area contributed by atoms with Gasteiger partial charge in [0.25, 0.3) is 0 Å². The molecule has 2 unspecified atom stereocenters. The second kappa shape index (κ2) is 4.75. The van der Waals surface area contributed by atoms with Gasteiger partial charge in [0.2, 0.25) is 0 Å². The fraction of sp³-hybridized carbons (Fsp3) is 0.900. The van der Waals surface area contributed by atoms with Gasteiger partial charge in [-0.1, -0.05) is 6.92 Å². The van der Waals surface area contributed by atoms with Crippen LogP contribution >= 0.6 is 0 Å². The molecule has 14 heavy (non-hydrogen) atoms. The lowest BCUT2D eigenvalue weighted by Crippen LogP contribution is -2.49. The SMILES string of the molecule is CCC1CC(N)(CC(=O)OC)CCO1. The average molecular weight is 201 g/mol. The summed E-state index contributed by atoms with van der Waals surface area (Å²) >= 11 is 0. The maximum atomic E-state index is 11.1. The Balaban J connectivity index is 2.50. The van der Waals surface area contributed by atoms with Crippen molar-refractivity contribution in [2.45, 2.75) is 44.2 Å². The molecule has 1 rings (SSSR count). The van der Waals surface area contributed by atoms with Gasteiger partial charge >= 0.3 is 5.97 Å². The molecule has 4 nitrogen and oxygen atoms in total. The van der Waals surface area contributed by atoms with Gasteiger partial charge in [0, 0.05) is 12.1 Å². The van der Waals surface area contributed by atoms with Crippen LogP contribution in [0.15, 0.2) is 0 Å². The van der Waals surface area contributed by atoms with Gasteiger partial charge < -0.3 is 15.2 Å². The predicted molar refractivity (Wildman–Crippen MR) is 52.8 cm³/mol. The molecular weight excluding hydrogens is 182 g/mol. The zero-order valence-electron chi connectivity index (χ0n) is 8.91. The van der Waals surface area contributed by atoms with Crippen LogP contribution in [0.1, 0.15) is 32.6 Å². The summed E-state index contributed by atoms with van der Waals surface area (Å²) in [5, 5.41) is 0. The van der Waals surface area contributed by atoms with Crippen LogP contribution in [-0.2, 0) is 14.3 Å². The second-order valence-corrected chi connectivity index (χ2v) is 3.97. The quantitative estimate of drug-likeness (QED) is 0.687. The van der Waals surface area contributed by atoms with E-state index in [1.54, 1.807) is 0 Å². The Hall–Kier alpha value is -0.610. The molecule has 0 spiro atoms. The van der Waals surface area contributed by atoms with E-state index in [1.807, 2.05) is 0 Å². The second-order valence-electron chi connectivity index (χ2n) is 3.97. The first-order chi connectivity index (χ1) is 6.59. The molecule has 0 saturated carbocycles. The Morgan fingerprint density at radius 2 is 2.43 bits per heavy atom. The van der Waals surface area contributed by atoms with Gasteiger partial charge in [-0.15, -0.1) is 0 Å². The van der Waals surface area contributed by atoms with Gasteiger partial charge in [-0.25, -0.2) is 0 Å². The number of rotatable bonds is 3. The van der Waals surface area contributed by atoms with E-state index >= 15 is 0 Å². The molecule has 0 aromatic rings. The summed E-state index contributed by atoms with van der Waals surface area (Å²) in [6.45, 7) is 2.71. The van der Waals surface area contributed by atoms with Crippen molar-refractivity contribution < 1.29 is 14.3 Å². The van der Waals surface area contributed by atoms with Crippen LogP contribution in [0.2, 0.25) is 0 Å². The molecule has 1 saturated heterocycles. The largest absolute Gasteiger partial charge is 0.469 e. The molecule has 0 aliphatic carbocycles. The first-order valence-electron chi connectivity index (χ1n) is 5.07. The number of methoxy groups -OCH3 is 1. The zero-order valence-corrected chi connectivity index (χ0v) is 8.91. The third-order valence-corrected chi connectivity index (χ3v) is 2.77. The minimum atomic E-state index is -0.425. The minimum absolute atomic E-state index is 0.193. The monoisotopic (exact) mass is 201 g/mol. The first kappa shape index (κ1) is 11.5. The molecule has 1 heterocycles. The molecule has 1 aliphatic heterocycles. The molecule has 0 radical (unpaired) electrons. The Bertz CT molecular complexity index is 208. The summed E-state index contributed by atoms with van der Waals surface area (Å²) in [5.41, 5.74) is 5.70. The number of esters is 1. The third kappa shape index (κ3) is 2.96. The van der Waals surface area contributed by atoms with E-state index < -0.39 is 5.54 Å². The van der Waals surface area contributed by atoms with E-state index in [1.165, 1.54) is 7.11 Å². The highest BCUT2D eigenvalue weighted by molar-refractivity contribution is 5.70. The Morgan fingerprint density at radius 3 is 3.00 bits per heavy atom. The molecule has 1 aliphatic rings. The summed E-state index contributed by atoms with van der Waals surface area (Å²) in [4.78, 5) is 11.1. The number of ether oxygens (including phenoxy) is 2. The zero-order chi connectivity index (χ0) is 10.6. The van der Waals surface area contributed by atoms with Gasteiger partial charge in [-0.05, 0) is 19.3 Å². The maximum Gasteiger partial charge on any atom is 0.307 e. The number of nitrogens with two attached hydrogens (primary N) is 1. The van der Waals surface area contributed by atoms with E-state index in [4.69, 9.17) is 10.5 Å². The van der Waals surface area contributed by atoms with Gasteiger partial charge in [-0.3, -0.25) is 4.79 Å². The first-order valence-corrected chi connectivity index (χ1v) is 5.07. The van der Waals surface area contributed by atoms with Crippen molar-refractivity contribution in [3.63, 3.8) is 0 Å². The lowest BCUT2D eigenvalue weighted by molar-refractivity contribution is -0.143. The van der Waals surface area contributed by atoms with Crippen LogP contribution in [0, 0.1) is 0 Å². The highest BCUT2D eigenvalue weighted by atomic mass is 16.5. The highest BCUT2D eigenvalue weighted by Gasteiger charge is 2.34. The summed E-state index contributed by atoms with van der Waals surface area (Å²) in [5.74, 6) is -0.232. The van der Waals surface area contributed by atoms with Crippen molar-refractivity contribution in [1.82, 2.24) is 0 Å². The molecule has 0 aromatic heterocycles. The van der Waals surface area contributed by atoms with Crippen LogP contribution < -0.4 is 5.73 Å². The van der Waals surface area contributed by atoms with E-state index in [9.17, 15) is 4.79 Å². The summed E-state index contributed by atoms with van der Waals surface area (Å²) < 4.78 is 10.1. The third-order valence-electron chi connectivity index (χ3n) is 2.77. The fourth-order valence-corrected chi connectivity index (χ4v) is 1.83. The van der Waals surface area contributed by atoms with Crippen molar-refractivity contribution in [2.75, 3.05) is 13.7 Å². The van der Waals surface area contributed by atoms with E-state index in [0.717, 1.165) is 19.3 Å². The minimum Gasteiger partial charge on any atom is -0.469 e. The van der Waals surface area contributed by atoms with E-state index in [-0.39, 0.29) is 12.1 Å². The number of carbonyl (C=O) groups is 1. The molecule has 4 heteroatoms. The van der Waals surface area contributed by atoms with Gasteiger partial charge in [-0.2, -0.15) is 0 Å². The fourth-order valence-electron chi connectivity index (χ4n) is 1.83. The summed E-state index contributed by atoms with van der Waals surface area (Å²) in [6.07, 6.45) is 2.92.